The van der Waals surface area contributed by atoms with Gasteiger partial charge in [0.2, 0.25) is 0 Å². The van der Waals surface area contributed by atoms with E-state index in [0.29, 0.717) is 5.13 Å². The van der Waals surface area contributed by atoms with Crippen molar-refractivity contribution in [3.8, 4) is 5.75 Å². The summed E-state index contributed by atoms with van der Waals surface area (Å²) in [5.41, 5.74) is 7.48. The van der Waals surface area contributed by atoms with Gasteiger partial charge in [0.25, 0.3) is 0 Å². The first-order chi connectivity index (χ1) is 11.0. The maximum absolute atomic E-state index is 5.79. The molecule has 0 fully saturated rings. The number of benzene rings is 2. The van der Waals surface area contributed by atoms with Crippen LogP contribution in [0.3, 0.4) is 0 Å². The van der Waals surface area contributed by atoms with E-state index in [1.807, 2.05) is 43.3 Å². The van der Waals surface area contributed by atoms with E-state index in [2.05, 4.69) is 9.97 Å². The summed E-state index contributed by atoms with van der Waals surface area (Å²) in [6.45, 7) is 2.00. The van der Waals surface area contributed by atoms with Gasteiger partial charge in [0.05, 0.1) is 32.6 Å². The van der Waals surface area contributed by atoms with Crippen LogP contribution < -0.4 is 10.5 Å². The molecule has 0 aliphatic carbocycles. The molecule has 4 nitrogen and oxygen atoms in total. The predicted octanol–water partition coefficient (Wildman–Crippen LogP) is 5.15. The number of aromatic nitrogens is 2. The molecule has 2 aromatic carbocycles. The van der Waals surface area contributed by atoms with Gasteiger partial charge in [-0.05, 0) is 43.3 Å². The monoisotopic (exact) mass is 363 g/mol. The van der Waals surface area contributed by atoms with E-state index >= 15 is 0 Å². The van der Waals surface area contributed by atoms with E-state index in [4.69, 9.17) is 22.1 Å². The van der Waals surface area contributed by atoms with Gasteiger partial charge in [0.15, 0.2) is 5.13 Å². The highest BCUT2D eigenvalue weighted by Gasteiger charge is 2.01. The average Bonchev–Trinajstić information content (AvgIpc) is 3.07. The molecule has 0 aliphatic rings. The summed E-state index contributed by atoms with van der Waals surface area (Å²) >= 11 is 8.95. The highest BCUT2D eigenvalue weighted by molar-refractivity contribution is 7.22. The fourth-order valence-electron chi connectivity index (χ4n) is 2.07. The third kappa shape index (κ3) is 3.72. The minimum absolute atomic E-state index is 0.596. The van der Waals surface area contributed by atoms with Crippen molar-refractivity contribution < 1.29 is 4.74 Å². The lowest BCUT2D eigenvalue weighted by atomic mass is 10.3. The highest BCUT2D eigenvalue weighted by Crippen LogP contribution is 2.27. The molecule has 0 atom stereocenters. The van der Waals surface area contributed by atoms with Crippen molar-refractivity contribution in [2.24, 2.45) is 0 Å². The fourth-order valence-corrected chi connectivity index (χ4v) is 3.80. The Hall–Kier alpha value is -1.89. The molecule has 0 aliphatic heterocycles. The minimum Gasteiger partial charge on any atom is -0.497 e. The Kier molecular flexibility index (Phi) is 4.66. The average molecular weight is 364 g/mol. The summed E-state index contributed by atoms with van der Waals surface area (Å²) < 4.78 is 7.33. The van der Waals surface area contributed by atoms with Crippen molar-refractivity contribution in [1.29, 1.82) is 0 Å². The topological polar surface area (TPSA) is 61.0 Å². The van der Waals surface area contributed by atoms with E-state index in [9.17, 15) is 0 Å². The fraction of sp³-hybridized carbons (Fsp3) is 0.125. The van der Waals surface area contributed by atoms with Crippen LogP contribution in [0, 0.1) is 6.92 Å². The molecule has 0 saturated carbocycles. The molecule has 0 bridgehead atoms. The molecule has 4 aromatic rings. The van der Waals surface area contributed by atoms with Crippen molar-refractivity contribution in [3.05, 3.63) is 46.4 Å². The Morgan fingerprint density at radius 3 is 2.61 bits per heavy atom. The zero-order valence-electron chi connectivity index (χ0n) is 12.5. The van der Waals surface area contributed by atoms with Crippen molar-refractivity contribution in [1.82, 2.24) is 9.97 Å². The van der Waals surface area contributed by atoms with Gasteiger partial charge in [-0.25, -0.2) is 9.97 Å². The summed E-state index contributed by atoms with van der Waals surface area (Å²) in [7, 11) is 1.64. The van der Waals surface area contributed by atoms with Gasteiger partial charge in [-0.15, -0.1) is 11.3 Å². The number of rotatable bonds is 1. The summed E-state index contributed by atoms with van der Waals surface area (Å²) in [6.07, 6.45) is 0. The van der Waals surface area contributed by atoms with Crippen LogP contribution in [0.15, 0.2) is 36.4 Å². The Morgan fingerprint density at radius 2 is 1.83 bits per heavy atom. The molecule has 0 amide bonds. The van der Waals surface area contributed by atoms with Gasteiger partial charge in [-0.1, -0.05) is 22.9 Å². The number of ether oxygens (including phenoxy) is 1. The predicted molar refractivity (Wildman–Crippen MR) is 100.0 cm³/mol. The molecule has 0 saturated heterocycles. The zero-order valence-corrected chi connectivity index (χ0v) is 14.9. The largest absolute Gasteiger partial charge is 0.497 e. The quantitative estimate of drug-likeness (QED) is 0.508. The number of nitrogens with two attached hydrogens (primary N) is 1. The Morgan fingerprint density at radius 1 is 1.00 bits per heavy atom. The first-order valence-corrected chi connectivity index (χ1v) is 8.79. The number of aryl methyl sites for hydroxylation is 1. The van der Waals surface area contributed by atoms with Gasteiger partial charge in [0.1, 0.15) is 5.75 Å². The minimum atomic E-state index is 0.596. The molecule has 2 aromatic heterocycles. The molecule has 0 unspecified atom stereocenters. The Labute approximate surface area is 146 Å². The summed E-state index contributed by atoms with van der Waals surface area (Å²) in [4.78, 5) is 8.44. The van der Waals surface area contributed by atoms with Gasteiger partial charge in [-0.2, -0.15) is 0 Å². The van der Waals surface area contributed by atoms with E-state index in [0.717, 1.165) is 31.5 Å². The second kappa shape index (κ2) is 6.70. The summed E-state index contributed by atoms with van der Waals surface area (Å²) in [6, 6.07) is 11.5. The van der Waals surface area contributed by atoms with E-state index < -0.39 is 0 Å². The zero-order chi connectivity index (χ0) is 16.4. The second-order valence-corrected chi connectivity index (χ2v) is 7.46. The van der Waals surface area contributed by atoms with Crippen LogP contribution in [0.25, 0.3) is 20.4 Å². The summed E-state index contributed by atoms with van der Waals surface area (Å²) in [5.74, 6) is 0.839. The molecule has 0 spiro atoms. The van der Waals surface area contributed by atoms with Crippen molar-refractivity contribution >= 4 is 59.8 Å². The smallest absolute Gasteiger partial charge is 0.181 e. The standard InChI is InChI=1S/C8H6ClNS.C8H8N2OS/c1-5-10-7-4-6(9)2-3-8(7)11-5;1-11-5-2-3-6-7(4-5)12-8(9)10-6/h2-4H,1H3;2-4H,1H3,(H2,9,10). The lowest BCUT2D eigenvalue weighted by molar-refractivity contribution is 0.415. The van der Waals surface area contributed by atoms with E-state index in [1.54, 1.807) is 18.4 Å². The van der Waals surface area contributed by atoms with Crippen LogP contribution >= 0.6 is 34.3 Å². The van der Waals surface area contributed by atoms with Crippen LogP contribution in [0.1, 0.15) is 5.01 Å². The molecule has 118 valence electrons. The molecule has 2 N–H and O–H groups in total. The highest BCUT2D eigenvalue weighted by atomic mass is 35.5. The Balaban J connectivity index is 0.000000136. The van der Waals surface area contributed by atoms with Crippen molar-refractivity contribution in [2.75, 3.05) is 12.8 Å². The normalized spacial score (nSPS) is 10.6. The number of halogens is 1. The molecule has 4 rings (SSSR count). The lowest BCUT2D eigenvalue weighted by Gasteiger charge is -1.96. The van der Waals surface area contributed by atoms with Crippen LogP contribution in [0.5, 0.6) is 5.75 Å². The molecule has 0 radical (unpaired) electrons. The molecule has 23 heavy (non-hydrogen) atoms. The number of anilines is 1. The molecular formula is C16H14ClN3OS2. The van der Waals surface area contributed by atoms with E-state index in [1.165, 1.54) is 16.0 Å². The first-order valence-electron chi connectivity index (χ1n) is 6.78. The summed E-state index contributed by atoms with van der Waals surface area (Å²) in [5, 5.41) is 2.43. The molecule has 7 heteroatoms. The molecular weight excluding hydrogens is 350 g/mol. The van der Waals surface area contributed by atoms with Crippen molar-refractivity contribution in [2.45, 2.75) is 6.92 Å². The number of nitrogen functional groups attached to an aromatic ring is 1. The maximum atomic E-state index is 5.79. The lowest BCUT2D eigenvalue weighted by Crippen LogP contribution is -1.81. The van der Waals surface area contributed by atoms with Crippen LogP contribution in [0.2, 0.25) is 5.02 Å². The van der Waals surface area contributed by atoms with Gasteiger partial charge < -0.3 is 10.5 Å². The molecule has 2 heterocycles. The number of hydrogen-bond donors (Lipinski definition) is 1. The Bertz CT molecular complexity index is 964. The number of nitrogens with zero attached hydrogens (tertiary/aromatic N) is 2. The maximum Gasteiger partial charge on any atom is 0.181 e. The first kappa shape index (κ1) is 16.0. The van der Waals surface area contributed by atoms with Gasteiger partial charge in [-0.3, -0.25) is 0 Å². The van der Waals surface area contributed by atoms with Crippen molar-refractivity contribution in [3.63, 3.8) is 0 Å². The third-order valence-corrected chi connectivity index (χ3v) is 5.10. The number of thiazole rings is 2. The third-order valence-electron chi connectivity index (χ3n) is 3.07. The van der Waals surface area contributed by atoms with Crippen LogP contribution in [-0.2, 0) is 0 Å². The second-order valence-electron chi connectivity index (χ2n) is 4.73. The van der Waals surface area contributed by atoms with Crippen LogP contribution in [0.4, 0.5) is 5.13 Å². The van der Waals surface area contributed by atoms with Gasteiger partial charge in [0, 0.05) is 5.02 Å². The SMILES string of the molecule is COc1ccc2nc(N)sc2c1.Cc1nc2cc(Cl)ccc2s1. The van der Waals surface area contributed by atoms with Crippen LogP contribution in [-0.4, -0.2) is 17.1 Å². The van der Waals surface area contributed by atoms with E-state index in [-0.39, 0.29) is 0 Å². The van der Waals surface area contributed by atoms with Gasteiger partial charge >= 0.3 is 0 Å². The number of methoxy groups -OCH3 is 1. The number of hydrogen-bond acceptors (Lipinski definition) is 6. The number of fused-ring (bicyclic) bond motifs is 2.